The number of halogens is 2. The number of terminal acetylenes is 1. The number of fused-ring (bicyclic) bond motifs is 6. The number of piperazine rings is 1. The molecule has 5 fully saturated rings. The van der Waals surface area contributed by atoms with E-state index >= 15 is 8.78 Å². The predicted molar refractivity (Wildman–Crippen MR) is 179 cm³/mol. The normalized spacial score (nSPS) is 25.9. The van der Waals surface area contributed by atoms with Gasteiger partial charge in [0.1, 0.15) is 28.7 Å². The van der Waals surface area contributed by atoms with E-state index in [2.05, 4.69) is 26.0 Å². The highest BCUT2D eigenvalue weighted by molar-refractivity contribution is 6.04. The molecule has 0 spiro atoms. The third-order valence-electron chi connectivity index (χ3n) is 11.4. The van der Waals surface area contributed by atoms with E-state index in [0.717, 1.165) is 45.1 Å². The maximum Gasteiger partial charge on any atom is 0.319 e. The van der Waals surface area contributed by atoms with Crippen LogP contribution in [-0.4, -0.2) is 76.2 Å². The summed E-state index contributed by atoms with van der Waals surface area (Å²) in [6.07, 6.45) is 13.3. The Morgan fingerprint density at radius 1 is 1.04 bits per heavy atom. The number of ketones is 1. The highest BCUT2D eigenvalue weighted by atomic mass is 19.1. The molecule has 1 saturated carbocycles. The van der Waals surface area contributed by atoms with Crippen molar-refractivity contribution in [2.45, 2.75) is 75.5 Å². The molecular weight excluding hydrogens is 612 g/mol. The van der Waals surface area contributed by atoms with E-state index in [1.165, 1.54) is 18.2 Å². The summed E-state index contributed by atoms with van der Waals surface area (Å²) in [5.74, 6) is 1.67. The van der Waals surface area contributed by atoms with Crippen LogP contribution in [0, 0.1) is 29.4 Å². The van der Waals surface area contributed by atoms with Crippen molar-refractivity contribution >= 4 is 33.3 Å². The van der Waals surface area contributed by atoms with Gasteiger partial charge < -0.3 is 20.1 Å². The van der Waals surface area contributed by atoms with Crippen molar-refractivity contribution in [2.75, 3.05) is 31.1 Å². The van der Waals surface area contributed by atoms with Crippen molar-refractivity contribution in [1.29, 1.82) is 0 Å². The van der Waals surface area contributed by atoms with E-state index in [9.17, 15) is 9.90 Å². The average Bonchev–Trinajstić information content (AvgIpc) is 3.70. The summed E-state index contributed by atoms with van der Waals surface area (Å²) in [5.41, 5.74) is 0.211. The van der Waals surface area contributed by atoms with Gasteiger partial charge >= 0.3 is 6.01 Å². The smallest absolute Gasteiger partial charge is 0.319 e. The molecule has 1 aromatic heterocycles. The van der Waals surface area contributed by atoms with Crippen molar-refractivity contribution in [3.05, 3.63) is 53.6 Å². The molecule has 4 atom stereocenters. The van der Waals surface area contributed by atoms with Crippen LogP contribution in [-0.2, 0) is 4.79 Å². The van der Waals surface area contributed by atoms with Gasteiger partial charge in [0.05, 0.1) is 12.2 Å². The number of aromatic hydroxyl groups is 1. The standard InChI is InChI=1S/C38H37F2N5O3/c1-2-21-4-3-5-22-12-27(46)15-29(32(21)22)33-31(39)16-30-35(34(33)40)42-37(43-36(30)44-17-23-6-7-24(18-44)41-23)48-20-38(10-11-38)19-45-25-8-9-26(45)14-28(47)13-25/h1,3-5,12,15-16,23-26,41,46H,6-11,13-14,17-20H2. The van der Waals surface area contributed by atoms with Crippen LogP contribution in [0.4, 0.5) is 14.6 Å². The molecule has 0 amide bonds. The minimum atomic E-state index is -0.856. The van der Waals surface area contributed by atoms with Crippen LogP contribution in [0.2, 0.25) is 0 Å². The Morgan fingerprint density at radius 3 is 2.50 bits per heavy atom. The van der Waals surface area contributed by atoms with E-state index in [-0.39, 0.29) is 51.3 Å². The number of phenolic OH excluding ortho intramolecular Hbond substituents is 1. The lowest BCUT2D eigenvalue weighted by atomic mass is 9.93. The molecule has 4 bridgehead atoms. The number of aromatic nitrogens is 2. The summed E-state index contributed by atoms with van der Waals surface area (Å²) in [4.78, 5) is 26.3. The van der Waals surface area contributed by atoms with Crippen LogP contribution in [0.15, 0.2) is 36.4 Å². The number of piperidine rings is 1. The summed E-state index contributed by atoms with van der Waals surface area (Å²) in [6, 6.07) is 10.6. The minimum Gasteiger partial charge on any atom is -0.508 e. The van der Waals surface area contributed by atoms with Gasteiger partial charge in [-0.3, -0.25) is 9.69 Å². The van der Waals surface area contributed by atoms with Crippen LogP contribution < -0.4 is 15.0 Å². The second-order valence-electron chi connectivity index (χ2n) is 14.7. The topological polar surface area (TPSA) is 90.8 Å². The van der Waals surface area contributed by atoms with Gasteiger partial charge in [-0.25, -0.2) is 8.78 Å². The Labute approximate surface area is 277 Å². The van der Waals surface area contributed by atoms with Crippen LogP contribution in [0.5, 0.6) is 11.8 Å². The molecular formula is C38H37F2N5O3. The van der Waals surface area contributed by atoms with Gasteiger partial charge in [-0.2, -0.15) is 9.97 Å². The molecule has 8 nitrogen and oxygen atoms in total. The first-order chi connectivity index (χ1) is 23.3. The molecule has 246 valence electrons. The van der Waals surface area contributed by atoms with Crippen molar-refractivity contribution in [1.82, 2.24) is 20.2 Å². The zero-order chi connectivity index (χ0) is 32.7. The summed E-state index contributed by atoms with van der Waals surface area (Å²) < 4.78 is 39.6. The fourth-order valence-electron chi connectivity index (χ4n) is 8.86. The van der Waals surface area contributed by atoms with E-state index in [0.29, 0.717) is 72.6 Å². The first kappa shape index (κ1) is 29.8. The zero-order valence-corrected chi connectivity index (χ0v) is 26.6. The summed E-state index contributed by atoms with van der Waals surface area (Å²) in [7, 11) is 0. The van der Waals surface area contributed by atoms with Gasteiger partial charge in [0.25, 0.3) is 0 Å². The monoisotopic (exact) mass is 649 g/mol. The molecule has 5 aliphatic rings. The lowest BCUT2D eigenvalue weighted by Gasteiger charge is -2.36. The number of nitrogens with one attached hydrogen (secondary N) is 1. The number of rotatable bonds is 7. The number of phenols is 1. The molecule has 4 aromatic rings. The minimum absolute atomic E-state index is 0.0376. The van der Waals surface area contributed by atoms with E-state index in [4.69, 9.17) is 16.1 Å². The predicted octanol–water partition coefficient (Wildman–Crippen LogP) is 5.71. The molecule has 0 radical (unpaired) electrons. The molecule has 4 aliphatic heterocycles. The molecule has 4 saturated heterocycles. The molecule has 10 heteroatoms. The maximum absolute atomic E-state index is 16.9. The van der Waals surface area contributed by atoms with Gasteiger partial charge in [-0.05, 0) is 68.2 Å². The largest absolute Gasteiger partial charge is 0.508 e. The lowest BCUT2D eigenvalue weighted by molar-refractivity contribution is -0.124. The van der Waals surface area contributed by atoms with Gasteiger partial charge in [-0.1, -0.05) is 18.1 Å². The second-order valence-corrected chi connectivity index (χ2v) is 14.7. The number of anilines is 1. The SMILES string of the molecule is C#Cc1cccc2cc(O)cc(-c3c(F)cc4c(N5CC6CCC(C5)N6)nc(OCC5(CN6C7CCC6CC(=O)C7)CC5)nc4c3F)c12. The van der Waals surface area contributed by atoms with Crippen LogP contribution in [0.1, 0.15) is 56.9 Å². The Kier molecular flexibility index (Phi) is 6.89. The molecule has 1 aliphatic carbocycles. The van der Waals surface area contributed by atoms with E-state index < -0.39 is 11.6 Å². The first-order valence-electron chi connectivity index (χ1n) is 17.1. The summed E-state index contributed by atoms with van der Waals surface area (Å²) >= 11 is 0. The Bertz CT molecular complexity index is 2010. The summed E-state index contributed by atoms with van der Waals surface area (Å²) in [6.45, 7) is 2.57. The van der Waals surface area contributed by atoms with Gasteiger partial charge in [0.2, 0.25) is 0 Å². The number of hydrogen-bond donors (Lipinski definition) is 2. The average molecular weight is 650 g/mol. The van der Waals surface area contributed by atoms with Crippen LogP contribution in [0.25, 0.3) is 32.8 Å². The van der Waals surface area contributed by atoms with Gasteiger partial charge in [-0.15, -0.1) is 6.42 Å². The third-order valence-corrected chi connectivity index (χ3v) is 11.4. The Hall–Kier alpha value is -4.33. The molecule has 48 heavy (non-hydrogen) atoms. The molecule has 9 rings (SSSR count). The van der Waals surface area contributed by atoms with Crippen molar-refractivity contribution in [2.24, 2.45) is 5.41 Å². The fraction of sp³-hybridized carbons (Fsp3) is 0.447. The van der Waals surface area contributed by atoms with Gasteiger partial charge in [0.15, 0.2) is 5.82 Å². The third kappa shape index (κ3) is 4.98. The molecule has 5 heterocycles. The van der Waals surface area contributed by atoms with Crippen molar-refractivity contribution < 1.29 is 23.4 Å². The number of hydrogen-bond acceptors (Lipinski definition) is 8. The number of Topliss-reactive ketones (excluding diaryl/α,β-unsaturated/α-hetero) is 1. The Balaban J connectivity index is 1.12. The lowest BCUT2D eigenvalue weighted by Crippen LogP contribution is -2.51. The van der Waals surface area contributed by atoms with Crippen molar-refractivity contribution in [3.63, 3.8) is 0 Å². The first-order valence-corrected chi connectivity index (χ1v) is 17.1. The second kappa shape index (κ2) is 11.1. The zero-order valence-electron chi connectivity index (χ0n) is 26.6. The Morgan fingerprint density at radius 2 is 1.79 bits per heavy atom. The van der Waals surface area contributed by atoms with Crippen molar-refractivity contribution in [3.8, 4) is 35.2 Å². The number of carbonyl (C=O) groups is 1. The molecule has 4 unspecified atom stereocenters. The quantitative estimate of drug-likeness (QED) is 0.246. The number of ether oxygens (including phenoxy) is 1. The number of carbonyl (C=O) groups excluding carboxylic acids is 1. The number of benzene rings is 3. The highest BCUT2D eigenvalue weighted by Crippen LogP contribution is 2.49. The van der Waals surface area contributed by atoms with Crippen LogP contribution >= 0.6 is 0 Å². The maximum atomic E-state index is 16.9. The fourth-order valence-corrected chi connectivity index (χ4v) is 8.86. The van der Waals surface area contributed by atoms with Crippen LogP contribution in [0.3, 0.4) is 0 Å². The van der Waals surface area contributed by atoms with E-state index in [1.807, 2.05) is 0 Å². The van der Waals surface area contributed by atoms with E-state index in [1.54, 1.807) is 18.2 Å². The van der Waals surface area contributed by atoms with Gasteiger partial charge in [0, 0.05) is 84.0 Å². The molecule has 2 N–H and O–H groups in total. The summed E-state index contributed by atoms with van der Waals surface area (Å²) in [5, 5.41) is 15.5. The number of nitrogens with zero attached hydrogens (tertiary/aromatic N) is 4. The molecule has 3 aromatic carbocycles. The highest BCUT2D eigenvalue weighted by Gasteiger charge is 2.50.